The quantitative estimate of drug-likeness (QED) is 0.457. The molecule has 150 valence electrons. The van der Waals surface area contributed by atoms with Crippen molar-refractivity contribution in [3.05, 3.63) is 101 Å². The molecule has 0 fully saturated rings. The minimum atomic E-state index is -0.933. The molecule has 0 aliphatic carbocycles. The Morgan fingerprint density at radius 1 is 1.00 bits per heavy atom. The summed E-state index contributed by atoms with van der Waals surface area (Å²) in [6.07, 6.45) is 0.588. The van der Waals surface area contributed by atoms with Crippen LogP contribution in [0.25, 0.3) is 11.4 Å². The van der Waals surface area contributed by atoms with E-state index in [0.29, 0.717) is 24.7 Å². The number of carbonyl (C=O) groups is 1. The average Bonchev–Trinajstić information content (AvgIpc) is 3.22. The molecular formula is C24H21N3O3. The third-order valence-electron chi connectivity index (χ3n) is 4.82. The van der Waals surface area contributed by atoms with Crippen molar-refractivity contribution in [2.75, 3.05) is 5.32 Å². The molecule has 0 radical (unpaired) electrons. The van der Waals surface area contributed by atoms with Gasteiger partial charge in [-0.15, -0.1) is 0 Å². The summed E-state index contributed by atoms with van der Waals surface area (Å²) in [5, 5.41) is 16.6. The maximum atomic E-state index is 11.1. The Morgan fingerprint density at radius 3 is 2.60 bits per heavy atom. The summed E-state index contributed by atoms with van der Waals surface area (Å²) in [5.41, 5.74) is 5.11. The topological polar surface area (TPSA) is 88.2 Å². The minimum absolute atomic E-state index is 0.275. The Kier molecular flexibility index (Phi) is 5.57. The highest BCUT2D eigenvalue weighted by molar-refractivity contribution is 5.87. The molecule has 30 heavy (non-hydrogen) atoms. The van der Waals surface area contributed by atoms with Crippen LogP contribution in [0, 0.1) is 6.92 Å². The van der Waals surface area contributed by atoms with E-state index in [4.69, 9.17) is 9.63 Å². The number of nitrogens with one attached hydrogen (secondary N) is 1. The molecule has 0 aliphatic heterocycles. The number of aryl methyl sites for hydroxylation is 1. The number of aromatic nitrogens is 2. The molecule has 1 aromatic heterocycles. The zero-order valence-corrected chi connectivity index (χ0v) is 16.5. The molecule has 0 bridgehead atoms. The van der Waals surface area contributed by atoms with E-state index in [9.17, 15) is 4.79 Å². The molecular weight excluding hydrogens is 378 g/mol. The third kappa shape index (κ3) is 4.55. The van der Waals surface area contributed by atoms with Gasteiger partial charge in [0.1, 0.15) is 0 Å². The van der Waals surface area contributed by atoms with E-state index < -0.39 is 5.97 Å². The number of carboxylic acids is 1. The van der Waals surface area contributed by atoms with Gasteiger partial charge in [0.05, 0.1) is 12.0 Å². The van der Waals surface area contributed by atoms with Crippen LogP contribution in [-0.2, 0) is 13.0 Å². The summed E-state index contributed by atoms with van der Waals surface area (Å²) in [5.74, 6) is 0.187. The SMILES string of the molecule is Cc1ccc(NCc2cccc(C(=O)O)c2)cc1-c1noc(Cc2ccccc2)n1. The van der Waals surface area contributed by atoms with Crippen molar-refractivity contribution < 1.29 is 14.4 Å². The molecule has 1 heterocycles. The monoisotopic (exact) mass is 399 g/mol. The molecule has 0 unspecified atom stereocenters. The molecule has 0 saturated carbocycles. The van der Waals surface area contributed by atoms with Gasteiger partial charge in [-0.3, -0.25) is 0 Å². The molecule has 6 heteroatoms. The summed E-state index contributed by atoms with van der Waals surface area (Å²) in [6, 6.07) is 22.8. The largest absolute Gasteiger partial charge is 0.478 e. The molecule has 0 atom stereocenters. The van der Waals surface area contributed by atoms with Gasteiger partial charge in [-0.1, -0.05) is 53.7 Å². The van der Waals surface area contributed by atoms with Crippen LogP contribution in [0.1, 0.15) is 32.9 Å². The van der Waals surface area contributed by atoms with Crippen LogP contribution < -0.4 is 5.32 Å². The molecule has 4 rings (SSSR count). The smallest absolute Gasteiger partial charge is 0.335 e. The van der Waals surface area contributed by atoms with Crippen molar-refractivity contribution in [2.24, 2.45) is 0 Å². The van der Waals surface area contributed by atoms with Gasteiger partial charge in [0.15, 0.2) is 0 Å². The first-order valence-electron chi connectivity index (χ1n) is 9.62. The number of carboxylic acid groups (broad SMARTS) is 1. The van der Waals surface area contributed by atoms with Crippen LogP contribution in [0.2, 0.25) is 0 Å². The van der Waals surface area contributed by atoms with Crippen LogP contribution in [0.3, 0.4) is 0 Å². The van der Waals surface area contributed by atoms with Crippen LogP contribution in [0.5, 0.6) is 0 Å². The zero-order valence-electron chi connectivity index (χ0n) is 16.5. The Balaban J connectivity index is 1.50. The summed E-state index contributed by atoms with van der Waals surface area (Å²) in [6.45, 7) is 2.51. The maximum Gasteiger partial charge on any atom is 0.335 e. The minimum Gasteiger partial charge on any atom is -0.478 e. The second-order valence-electron chi connectivity index (χ2n) is 7.06. The normalized spacial score (nSPS) is 10.7. The first kappa shape index (κ1) is 19.4. The van der Waals surface area contributed by atoms with Crippen LogP contribution >= 0.6 is 0 Å². The lowest BCUT2D eigenvalue weighted by atomic mass is 10.1. The fourth-order valence-corrected chi connectivity index (χ4v) is 3.20. The maximum absolute atomic E-state index is 11.1. The highest BCUT2D eigenvalue weighted by atomic mass is 16.5. The van der Waals surface area contributed by atoms with Gasteiger partial charge in [0.25, 0.3) is 0 Å². The van der Waals surface area contributed by atoms with E-state index in [1.807, 2.05) is 61.5 Å². The second-order valence-corrected chi connectivity index (χ2v) is 7.06. The van der Waals surface area contributed by atoms with Gasteiger partial charge in [-0.05, 0) is 47.9 Å². The van der Waals surface area contributed by atoms with Crippen molar-refractivity contribution in [2.45, 2.75) is 19.9 Å². The number of hydrogen-bond donors (Lipinski definition) is 2. The number of aromatic carboxylic acids is 1. The lowest BCUT2D eigenvalue weighted by molar-refractivity contribution is 0.0696. The van der Waals surface area contributed by atoms with Crippen molar-refractivity contribution in [1.82, 2.24) is 10.1 Å². The fraction of sp³-hybridized carbons (Fsp3) is 0.125. The molecule has 0 saturated heterocycles. The average molecular weight is 399 g/mol. The molecule has 3 aromatic carbocycles. The van der Waals surface area contributed by atoms with Gasteiger partial charge in [0, 0.05) is 17.8 Å². The van der Waals surface area contributed by atoms with E-state index in [-0.39, 0.29) is 5.56 Å². The standard InChI is InChI=1S/C24H21N3O3/c1-16-10-11-20(25-15-18-8-5-9-19(12-18)24(28)29)14-21(16)23-26-22(30-27-23)13-17-6-3-2-4-7-17/h2-12,14,25H,13,15H2,1H3,(H,28,29). The molecule has 0 spiro atoms. The van der Waals surface area contributed by atoms with Crippen molar-refractivity contribution >= 4 is 11.7 Å². The highest BCUT2D eigenvalue weighted by Crippen LogP contribution is 2.25. The predicted octanol–water partition coefficient (Wildman–Crippen LogP) is 4.95. The Bertz CT molecular complexity index is 1170. The van der Waals surface area contributed by atoms with Crippen molar-refractivity contribution in [3.8, 4) is 11.4 Å². The lowest BCUT2D eigenvalue weighted by Gasteiger charge is -2.10. The summed E-state index contributed by atoms with van der Waals surface area (Å²) >= 11 is 0. The number of hydrogen-bond acceptors (Lipinski definition) is 5. The van der Waals surface area contributed by atoms with Gasteiger partial charge in [0.2, 0.25) is 11.7 Å². The number of benzene rings is 3. The van der Waals surface area contributed by atoms with E-state index >= 15 is 0 Å². The Hall–Kier alpha value is -3.93. The summed E-state index contributed by atoms with van der Waals surface area (Å²) in [7, 11) is 0. The number of rotatable bonds is 7. The van der Waals surface area contributed by atoms with Crippen LogP contribution in [0.4, 0.5) is 5.69 Å². The molecule has 0 aliphatic rings. The first-order valence-corrected chi connectivity index (χ1v) is 9.62. The lowest BCUT2D eigenvalue weighted by Crippen LogP contribution is -2.02. The molecule has 6 nitrogen and oxygen atoms in total. The summed E-state index contributed by atoms with van der Waals surface area (Å²) < 4.78 is 5.45. The third-order valence-corrected chi connectivity index (χ3v) is 4.82. The van der Waals surface area contributed by atoms with E-state index in [1.54, 1.807) is 18.2 Å². The predicted molar refractivity (Wildman–Crippen MR) is 114 cm³/mol. The molecule has 4 aromatic rings. The van der Waals surface area contributed by atoms with Crippen LogP contribution in [0.15, 0.2) is 77.3 Å². The van der Waals surface area contributed by atoms with Crippen molar-refractivity contribution in [1.29, 1.82) is 0 Å². The Morgan fingerprint density at radius 2 is 1.80 bits per heavy atom. The zero-order chi connectivity index (χ0) is 20.9. The second kappa shape index (κ2) is 8.61. The van der Waals surface area contributed by atoms with Gasteiger partial charge in [-0.25, -0.2) is 4.79 Å². The van der Waals surface area contributed by atoms with Crippen LogP contribution in [-0.4, -0.2) is 21.2 Å². The highest BCUT2D eigenvalue weighted by Gasteiger charge is 2.12. The van der Waals surface area contributed by atoms with Crippen molar-refractivity contribution in [3.63, 3.8) is 0 Å². The Labute approximate surface area is 174 Å². The first-order chi connectivity index (χ1) is 14.6. The molecule has 0 amide bonds. The number of anilines is 1. The fourth-order valence-electron chi connectivity index (χ4n) is 3.20. The van der Waals surface area contributed by atoms with E-state index in [2.05, 4.69) is 15.5 Å². The van der Waals surface area contributed by atoms with E-state index in [1.165, 1.54) is 0 Å². The summed E-state index contributed by atoms with van der Waals surface area (Å²) in [4.78, 5) is 15.7. The molecule has 2 N–H and O–H groups in total. The van der Waals surface area contributed by atoms with Gasteiger partial charge in [-0.2, -0.15) is 4.98 Å². The van der Waals surface area contributed by atoms with Gasteiger partial charge < -0.3 is 14.9 Å². The van der Waals surface area contributed by atoms with E-state index in [0.717, 1.165) is 27.9 Å². The number of nitrogens with zero attached hydrogens (tertiary/aromatic N) is 2. The van der Waals surface area contributed by atoms with Gasteiger partial charge >= 0.3 is 5.97 Å².